The number of benzene rings is 1. The fourth-order valence-electron chi connectivity index (χ4n) is 3.32. The standard InChI is InChI=1S/C20H34N4O2.HI/c1-16(15-24-11-5-4-6-12-24)14-23-20(21)22-10-9-17-7-8-18(25-2)19(13-17)26-3;/h7-8,13,16H,4-6,9-12,14-15H2,1-3H3,(H3,21,22,23);1H. The molecule has 3 N–H and O–H groups in total. The summed E-state index contributed by atoms with van der Waals surface area (Å²) in [7, 11) is 3.29. The lowest BCUT2D eigenvalue weighted by molar-refractivity contribution is 0.203. The first-order valence-electron chi connectivity index (χ1n) is 9.59. The molecule has 0 aromatic heterocycles. The Bertz CT molecular complexity index is 577. The quantitative estimate of drug-likeness (QED) is 0.317. The molecule has 0 saturated carbocycles. The lowest BCUT2D eigenvalue weighted by Crippen LogP contribution is -2.36. The molecular formula is C20H35IN4O2. The molecule has 1 unspecified atom stereocenters. The van der Waals surface area contributed by atoms with Crippen LogP contribution >= 0.6 is 24.0 Å². The average molecular weight is 490 g/mol. The van der Waals surface area contributed by atoms with Crippen molar-refractivity contribution >= 4 is 29.9 Å². The van der Waals surface area contributed by atoms with Gasteiger partial charge in [0.25, 0.3) is 0 Å². The van der Waals surface area contributed by atoms with Crippen molar-refractivity contribution in [3.05, 3.63) is 23.8 Å². The minimum Gasteiger partial charge on any atom is -0.493 e. The number of ether oxygens (including phenoxy) is 2. The molecule has 1 fully saturated rings. The van der Waals surface area contributed by atoms with Gasteiger partial charge in [0.05, 0.1) is 14.2 Å². The van der Waals surface area contributed by atoms with E-state index in [4.69, 9.17) is 15.2 Å². The number of rotatable bonds is 9. The fourth-order valence-corrected chi connectivity index (χ4v) is 3.32. The second kappa shape index (κ2) is 13.0. The highest BCUT2D eigenvalue weighted by Gasteiger charge is 2.13. The number of likely N-dealkylation sites (tertiary alicyclic amines) is 1. The van der Waals surface area contributed by atoms with Gasteiger partial charge in [0.1, 0.15) is 0 Å². The van der Waals surface area contributed by atoms with Crippen LogP contribution in [0.1, 0.15) is 31.7 Å². The van der Waals surface area contributed by atoms with Crippen LogP contribution in [0.25, 0.3) is 0 Å². The number of guanidine groups is 1. The molecule has 0 radical (unpaired) electrons. The molecule has 2 rings (SSSR count). The summed E-state index contributed by atoms with van der Waals surface area (Å²) < 4.78 is 10.6. The summed E-state index contributed by atoms with van der Waals surface area (Å²) in [6.07, 6.45) is 4.88. The van der Waals surface area contributed by atoms with Crippen LogP contribution in [-0.2, 0) is 6.42 Å². The molecule has 1 atom stereocenters. The molecule has 7 heteroatoms. The van der Waals surface area contributed by atoms with E-state index in [1.165, 1.54) is 37.9 Å². The van der Waals surface area contributed by atoms with E-state index in [9.17, 15) is 0 Å². The second-order valence-corrected chi connectivity index (χ2v) is 7.06. The molecule has 1 aliphatic rings. The van der Waals surface area contributed by atoms with Crippen LogP contribution in [0.4, 0.5) is 0 Å². The predicted molar refractivity (Wildman–Crippen MR) is 123 cm³/mol. The van der Waals surface area contributed by atoms with Gasteiger partial charge in [-0.15, -0.1) is 24.0 Å². The predicted octanol–water partition coefficient (Wildman–Crippen LogP) is 2.89. The van der Waals surface area contributed by atoms with Crippen molar-refractivity contribution in [3.63, 3.8) is 0 Å². The van der Waals surface area contributed by atoms with Crippen LogP contribution in [0.5, 0.6) is 11.5 Å². The number of halogens is 1. The monoisotopic (exact) mass is 490 g/mol. The number of piperidine rings is 1. The maximum Gasteiger partial charge on any atom is 0.188 e. The van der Waals surface area contributed by atoms with E-state index in [2.05, 4.69) is 22.1 Å². The topological polar surface area (TPSA) is 72.1 Å². The van der Waals surface area contributed by atoms with Crippen LogP contribution in [0, 0.1) is 5.92 Å². The molecule has 6 nitrogen and oxygen atoms in total. The summed E-state index contributed by atoms with van der Waals surface area (Å²) in [6.45, 7) is 7.33. The van der Waals surface area contributed by atoms with Gasteiger partial charge in [-0.2, -0.15) is 0 Å². The molecule has 0 amide bonds. The van der Waals surface area contributed by atoms with Crippen molar-refractivity contribution in [2.75, 3.05) is 46.9 Å². The van der Waals surface area contributed by atoms with Crippen LogP contribution in [0.3, 0.4) is 0 Å². The van der Waals surface area contributed by atoms with Crippen LogP contribution in [0.15, 0.2) is 23.2 Å². The van der Waals surface area contributed by atoms with Gasteiger partial charge in [0.15, 0.2) is 17.5 Å². The van der Waals surface area contributed by atoms with Crippen molar-refractivity contribution in [2.24, 2.45) is 16.6 Å². The minimum atomic E-state index is 0. The number of aliphatic imine (C=N–C) groups is 1. The lowest BCUT2D eigenvalue weighted by atomic mass is 10.1. The van der Waals surface area contributed by atoms with Gasteiger partial charge in [-0.1, -0.05) is 19.4 Å². The minimum absolute atomic E-state index is 0. The van der Waals surface area contributed by atoms with E-state index in [0.717, 1.165) is 37.6 Å². The maximum atomic E-state index is 6.00. The van der Waals surface area contributed by atoms with E-state index < -0.39 is 0 Å². The van der Waals surface area contributed by atoms with Crippen LogP contribution < -0.4 is 20.5 Å². The average Bonchev–Trinajstić information content (AvgIpc) is 2.67. The fraction of sp³-hybridized carbons (Fsp3) is 0.650. The Balaban J connectivity index is 0.00000364. The second-order valence-electron chi connectivity index (χ2n) is 7.06. The lowest BCUT2D eigenvalue weighted by Gasteiger charge is -2.28. The zero-order valence-corrected chi connectivity index (χ0v) is 19.2. The normalized spacial score (nSPS) is 16.3. The van der Waals surface area contributed by atoms with Crippen molar-refractivity contribution in [3.8, 4) is 11.5 Å². The van der Waals surface area contributed by atoms with Gasteiger partial charge in [-0.05, 0) is 56.0 Å². The highest BCUT2D eigenvalue weighted by molar-refractivity contribution is 14.0. The number of hydrogen-bond acceptors (Lipinski definition) is 4. The molecule has 1 saturated heterocycles. The Morgan fingerprint density at radius 2 is 1.89 bits per heavy atom. The van der Waals surface area contributed by atoms with Crippen molar-refractivity contribution in [1.29, 1.82) is 0 Å². The van der Waals surface area contributed by atoms with Crippen molar-refractivity contribution in [1.82, 2.24) is 10.2 Å². The molecular weight excluding hydrogens is 455 g/mol. The summed E-state index contributed by atoms with van der Waals surface area (Å²) in [6, 6.07) is 5.96. The Hall–Kier alpha value is -1.22. The molecule has 27 heavy (non-hydrogen) atoms. The zero-order valence-electron chi connectivity index (χ0n) is 16.9. The smallest absolute Gasteiger partial charge is 0.188 e. The first kappa shape index (κ1) is 23.8. The van der Waals surface area contributed by atoms with E-state index in [1.54, 1.807) is 14.2 Å². The van der Waals surface area contributed by atoms with Crippen LogP contribution in [0.2, 0.25) is 0 Å². The third kappa shape index (κ3) is 8.55. The van der Waals surface area contributed by atoms with Gasteiger partial charge in [-0.25, -0.2) is 0 Å². The van der Waals surface area contributed by atoms with E-state index in [-0.39, 0.29) is 24.0 Å². The molecule has 1 aliphatic heterocycles. The number of nitrogens with zero attached hydrogens (tertiary/aromatic N) is 2. The third-order valence-corrected chi connectivity index (χ3v) is 4.76. The number of nitrogens with one attached hydrogen (secondary N) is 1. The summed E-state index contributed by atoms with van der Waals surface area (Å²) >= 11 is 0. The Kier molecular flexibility index (Phi) is 11.5. The number of methoxy groups -OCH3 is 2. The molecule has 0 bridgehead atoms. The Labute approximate surface area is 180 Å². The SMILES string of the molecule is COc1ccc(CCNC(N)=NCC(C)CN2CCCCC2)cc1OC.I. The third-order valence-electron chi connectivity index (χ3n) is 4.76. The Morgan fingerprint density at radius 3 is 2.56 bits per heavy atom. The molecule has 0 aliphatic carbocycles. The largest absolute Gasteiger partial charge is 0.493 e. The number of hydrogen-bond donors (Lipinski definition) is 2. The van der Waals surface area contributed by atoms with Crippen molar-refractivity contribution < 1.29 is 9.47 Å². The summed E-state index contributed by atoms with van der Waals surface area (Å²) in [5.74, 6) is 2.54. The summed E-state index contributed by atoms with van der Waals surface area (Å²) in [4.78, 5) is 7.04. The molecule has 1 aromatic carbocycles. The van der Waals surface area contributed by atoms with Gasteiger partial charge in [0.2, 0.25) is 0 Å². The highest BCUT2D eigenvalue weighted by atomic mass is 127. The molecule has 1 heterocycles. The van der Waals surface area contributed by atoms with Gasteiger partial charge in [0, 0.05) is 19.6 Å². The van der Waals surface area contributed by atoms with Gasteiger partial charge in [-0.3, -0.25) is 4.99 Å². The van der Waals surface area contributed by atoms with Gasteiger partial charge < -0.3 is 25.4 Å². The molecule has 154 valence electrons. The number of nitrogens with two attached hydrogens (primary N) is 1. The first-order chi connectivity index (χ1) is 12.6. The van der Waals surface area contributed by atoms with E-state index in [1.807, 2.05) is 18.2 Å². The summed E-state index contributed by atoms with van der Waals surface area (Å²) in [5, 5.41) is 3.20. The molecule has 0 spiro atoms. The van der Waals surface area contributed by atoms with Crippen LogP contribution in [-0.4, -0.2) is 57.8 Å². The van der Waals surface area contributed by atoms with E-state index >= 15 is 0 Å². The van der Waals surface area contributed by atoms with Gasteiger partial charge >= 0.3 is 0 Å². The highest BCUT2D eigenvalue weighted by Crippen LogP contribution is 2.27. The molecule has 1 aromatic rings. The summed E-state index contributed by atoms with van der Waals surface area (Å²) in [5.41, 5.74) is 7.17. The maximum absolute atomic E-state index is 6.00. The van der Waals surface area contributed by atoms with Crippen molar-refractivity contribution in [2.45, 2.75) is 32.6 Å². The van der Waals surface area contributed by atoms with E-state index in [0.29, 0.717) is 11.9 Å². The Morgan fingerprint density at radius 1 is 1.19 bits per heavy atom. The zero-order chi connectivity index (χ0) is 18.8. The first-order valence-corrected chi connectivity index (χ1v) is 9.59.